The van der Waals surface area contributed by atoms with Crippen LogP contribution in [0.5, 0.6) is 0 Å². The van der Waals surface area contributed by atoms with Crippen molar-refractivity contribution in [2.45, 2.75) is 25.3 Å². The number of aromatic amines is 1. The molecular formula is C26H21FN4O2. The largest absolute Gasteiger partial charge is 0.348 e. The van der Waals surface area contributed by atoms with E-state index in [0.29, 0.717) is 23.4 Å². The molecule has 2 bridgehead atoms. The first kappa shape index (κ1) is 19.7. The van der Waals surface area contributed by atoms with E-state index in [1.165, 1.54) is 6.07 Å². The van der Waals surface area contributed by atoms with Crippen LogP contribution in [0.2, 0.25) is 0 Å². The molecule has 7 heteroatoms. The van der Waals surface area contributed by atoms with Crippen LogP contribution in [0.15, 0.2) is 66.9 Å². The number of hydrogen-bond donors (Lipinski definition) is 3. The third-order valence-electron chi connectivity index (χ3n) is 7.04. The van der Waals surface area contributed by atoms with Crippen molar-refractivity contribution in [2.24, 2.45) is 5.41 Å². The molecule has 3 aliphatic rings. The van der Waals surface area contributed by atoms with E-state index < -0.39 is 11.5 Å². The molecule has 1 fully saturated rings. The van der Waals surface area contributed by atoms with Gasteiger partial charge in [0.2, 0.25) is 17.8 Å². The fourth-order valence-corrected chi connectivity index (χ4v) is 5.29. The van der Waals surface area contributed by atoms with Gasteiger partial charge < -0.3 is 10.3 Å². The summed E-state index contributed by atoms with van der Waals surface area (Å²) in [5.74, 6) is -0.570. The van der Waals surface area contributed by atoms with Crippen LogP contribution in [0, 0.1) is 11.2 Å². The van der Waals surface area contributed by atoms with Crippen molar-refractivity contribution in [2.75, 3.05) is 5.32 Å². The van der Waals surface area contributed by atoms with Gasteiger partial charge in [-0.05, 0) is 42.0 Å². The Morgan fingerprint density at radius 3 is 2.61 bits per heavy atom. The summed E-state index contributed by atoms with van der Waals surface area (Å²) in [6, 6.07) is 17.8. The number of imidazole rings is 1. The number of nitrogens with one attached hydrogen (secondary N) is 3. The van der Waals surface area contributed by atoms with Crippen LogP contribution in [-0.4, -0.2) is 21.8 Å². The van der Waals surface area contributed by atoms with Gasteiger partial charge >= 0.3 is 0 Å². The number of carbonyl (C=O) groups is 2. The van der Waals surface area contributed by atoms with Gasteiger partial charge in [-0.15, -0.1) is 0 Å². The molecule has 3 unspecified atom stereocenters. The molecule has 0 radical (unpaired) electrons. The molecule has 3 atom stereocenters. The van der Waals surface area contributed by atoms with E-state index in [0.717, 1.165) is 22.1 Å². The fraction of sp³-hybridized carbons (Fsp3) is 0.192. The number of amides is 2. The van der Waals surface area contributed by atoms with Crippen LogP contribution < -0.4 is 10.6 Å². The molecule has 2 aliphatic heterocycles. The predicted octanol–water partition coefficient (Wildman–Crippen LogP) is 4.67. The highest BCUT2D eigenvalue weighted by Crippen LogP contribution is 2.53. The Labute approximate surface area is 189 Å². The third-order valence-corrected chi connectivity index (χ3v) is 7.04. The van der Waals surface area contributed by atoms with Gasteiger partial charge in [0.25, 0.3) is 0 Å². The van der Waals surface area contributed by atoms with Gasteiger partial charge in [0, 0.05) is 10.9 Å². The van der Waals surface area contributed by atoms with Gasteiger partial charge in [-0.2, -0.15) is 0 Å². The molecule has 164 valence electrons. The van der Waals surface area contributed by atoms with Gasteiger partial charge in [-0.1, -0.05) is 48.5 Å². The number of piperidine rings is 1. The molecule has 3 heterocycles. The summed E-state index contributed by atoms with van der Waals surface area (Å²) in [5, 5.41) is 7.20. The Hall–Kier alpha value is -4.00. The van der Waals surface area contributed by atoms with Crippen molar-refractivity contribution in [1.29, 1.82) is 0 Å². The second-order valence-corrected chi connectivity index (χ2v) is 8.98. The maximum absolute atomic E-state index is 14.2. The summed E-state index contributed by atoms with van der Waals surface area (Å²) in [5.41, 5.74) is 2.64. The van der Waals surface area contributed by atoms with Gasteiger partial charge in [-0.3, -0.25) is 14.9 Å². The Balaban J connectivity index is 1.30. The molecule has 2 amide bonds. The summed E-state index contributed by atoms with van der Waals surface area (Å²) in [6.45, 7) is 1.88. The molecule has 33 heavy (non-hydrogen) atoms. The standard InChI is InChI=1S/C26H21FN4O2/c1-26(12-19-15-7-3-5-9-18(15)22(26)30-23(19)32)24(33)31-25-28-13-21(29-25)17-10-11-20(27)16-8-4-2-6-14(16)17/h2-11,13,19,22H,12H2,1H3,(H,30,32)(H2,28,29,31,33). The zero-order valence-corrected chi connectivity index (χ0v) is 17.9. The SMILES string of the molecule is CC1(C(=O)Nc2ncc(-c3ccc(F)c4ccccc34)[nH]2)CC2C(=O)NC1c1ccccc12. The molecule has 0 saturated carbocycles. The van der Waals surface area contributed by atoms with E-state index in [2.05, 4.69) is 20.6 Å². The Morgan fingerprint density at radius 1 is 1.06 bits per heavy atom. The minimum atomic E-state index is -0.817. The number of H-pyrrole nitrogens is 1. The van der Waals surface area contributed by atoms with Crippen molar-refractivity contribution >= 4 is 28.5 Å². The molecule has 7 rings (SSSR count). The number of nitrogens with zero attached hydrogens (tertiary/aromatic N) is 1. The van der Waals surface area contributed by atoms with Crippen molar-refractivity contribution in [3.8, 4) is 11.3 Å². The maximum atomic E-state index is 14.2. The summed E-state index contributed by atoms with van der Waals surface area (Å²) < 4.78 is 14.2. The van der Waals surface area contributed by atoms with Crippen LogP contribution in [0.25, 0.3) is 22.0 Å². The number of anilines is 1. The van der Waals surface area contributed by atoms with E-state index >= 15 is 0 Å². The van der Waals surface area contributed by atoms with Gasteiger partial charge in [0.1, 0.15) is 5.82 Å². The van der Waals surface area contributed by atoms with E-state index in [-0.39, 0.29) is 23.5 Å². The van der Waals surface area contributed by atoms with Crippen molar-refractivity contribution in [3.63, 3.8) is 0 Å². The first-order valence-electron chi connectivity index (χ1n) is 10.9. The number of carbonyl (C=O) groups excluding carboxylic acids is 2. The zero-order chi connectivity index (χ0) is 22.7. The van der Waals surface area contributed by atoms with E-state index in [1.807, 2.05) is 43.3 Å². The summed E-state index contributed by atoms with van der Waals surface area (Å²) in [4.78, 5) is 33.4. The average Bonchev–Trinajstić information content (AvgIpc) is 3.29. The third kappa shape index (κ3) is 2.88. The number of halogens is 1. The summed E-state index contributed by atoms with van der Waals surface area (Å²) >= 11 is 0. The number of fused-ring (bicyclic) bond motifs is 3. The number of aromatic nitrogens is 2. The monoisotopic (exact) mass is 440 g/mol. The van der Waals surface area contributed by atoms with Crippen LogP contribution in [0.1, 0.15) is 36.4 Å². The molecule has 1 saturated heterocycles. The first-order chi connectivity index (χ1) is 16.0. The lowest BCUT2D eigenvalue weighted by Gasteiger charge is -2.49. The molecule has 1 aliphatic carbocycles. The lowest BCUT2D eigenvalue weighted by atomic mass is 9.61. The molecule has 3 N–H and O–H groups in total. The van der Waals surface area contributed by atoms with Crippen LogP contribution in [0.3, 0.4) is 0 Å². The highest BCUT2D eigenvalue weighted by atomic mass is 19.1. The van der Waals surface area contributed by atoms with Crippen LogP contribution >= 0.6 is 0 Å². The van der Waals surface area contributed by atoms with Gasteiger partial charge in [0.05, 0.1) is 29.3 Å². The van der Waals surface area contributed by atoms with Gasteiger partial charge in [-0.25, -0.2) is 9.37 Å². The lowest BCUT2D eigenvalue weighted by Crippen LogP contribution is -2.57. The quantitative estimate of drug-likeness (QED) is 0.433. The van der Waals surface area contributed by atoms with E-state index in [9.17, 15) is 14.0 Å². The highest BCUT2D eigenvalue weighted by Gasteiger charge is 2.55. The van der Waals surface area contributed by atoms with E-state index in [4.69, 9.17) is 0 Å². The minimum Gasteiger partial charge on any atom is -0.348 e. The number of hydrogen-bond acceptors (Lipinski definition) is 3. The maximum Gasteiger partial charge on any atom is 0.235 e. The normalized spacial score (nSPS) is 23.3. The van der Waals surface area contributed by atoms with E-state index in [1.54, 1.807) is 24.4 Å². The first-order valence-corrected chi connectivity index (χ1v) is 10.9. The summed E-state index contributed by atoms with van der Waals surface area (Å²) in [6.07, 6.45) is 2.06. The average molecular weight is 440 g/mol. The van der Waals surface area contributed by atoms with Crippen LogP contribution in [-0.2, 0) is 9.59 Å². The predicted molar refractivity (Wildman–Crippen MR) is 123 cm³/mol. The molecule has 1 aromatic heterocycles. The molecule has 0 spiro atoms. The highest BCUT2D eigenvalue weighted by molar-refractivity contribution is 6.00. The molecule has 4 aromatic rings. The Morgan fingerprint density at radius 2 is 1.79 bits per heavy atom. The number of rotatable bonds is 3. The van der Waals surface area contributed by atoms with Gasteiger partial charge in [0.15, 0.2) is 0 Å². The molecule has 6 nitrogen and oxygen atoms in total. The lowest BCUT2D eigenvalue weighted by molar-refractivity contribution is -0.137. The summed E-state index contributed by atoms with van der Waals surface area (Å²) in [7, 11) is 0. The smallest absolute Gasteiger partial charge is 0.235 e. The topological polar surface area (TPSA) is 86.9 Å². The fourth-order valence-electron chi connectivity index (χ4n) is 5.29. The second-order valence-electron chi connectivity index (χ2n) is 8.98. The minimum absolute atomic E-state index is 0.0348. The molecule has 3 aromatic carbocycles. The Bertz CT molecular complexity index is 1450. The Kier molecular flexibility index (Phi) is 4.17. The molecular weight excluding hydrogens is 419 g/mol. The van der Waals surface area contributed by atoms with Crippen molar-refractivity contribution in [3.05, 3.63) is 83.8 Å². The van der Waals surface area contributed by atoms with Crippen molar-refractivity contribution < 1.29 is 14.0 Å². The van der Waals surface area contributed by atoms with Crippen LogP contribution in [0.4, 0.5) is 10.3 Å². The van der Waals surface area contributed by atoms with Crippen molar-refractivity contribution in [1.82, 2.24) is 15.3 Å². The number of benzene rings is 3. The zero-order valence-electron chi connectivity index (χ0n) is 17.9. The second kappa shape index (κ2) is 7.00.